The fraction of sp³-hybridized carbons (Fsp3) is 0.333. The molecule has 1 aromatic heterocycles. The number of amides is 1. The Labute approximate surface area is 169 Å². The number of alkyl carbamates (subject to hydrolysis) is 1. The third kappa shape index (κ3) is 4.57. The number of fused-ring (bicyclic) bond motifs is 1. The fourth-order valence-corrected chi connectivity index (χ4v) is 3.32. The van der Waals surface area contributed by atoms with Crippen LogP contribution >= 0.6 is 11.6 Å². The van der Waals surface area contributed by atoms with Gasteiger partial charge in [0.25, 0.3) is 0 Å². The lowest BCUT2D eigenvalue weighted by Gasteiger charge is -2.13. The molecule has 0 bridgehead atoms. The summed E-state index contributed by atoms with van der Waals surface area (Å²) in [6.45, 7) is 4.44. The van der Waals surface area contributed by atoms with Gasteiger partial charge in [0.2, 0.25) is 0 Å². The molecule has 7 heteroatoms. The van der Waals surface area contributed by atoms with Gasteiger partial charge in [0, 0.05) is 35.3 Å². The summed E-state index contributed by atoms with van der Waals surface area (Å²) in [6, 6.07) is 7.74. The topological polar surface area (TPSA) is 80.6 Å². The quantitative estimate of drug-likeness (QED) is 0.824. The second-order valence-electron chi connectivity index (χ2n) is 6.94. The van der Waals surface area contributed by atoms with Crippen molar-refractivity contribution >= 4 is 29.3 Å². The monoisotopic (exact) mass is 399 g/mol. The van der Waals surface area contributed by atoms with Crippen LogP contribution in [0.1, 0.15) is 47.2 Å². The van der Waals surface area contributed by atoms with Crippen LogP contribution in [0.15, 0.2) is 35.5 Å². The first-order chi connectivity index (χ1) is 13.4. The average Bonchev–Trinajstić information content (AvgIpc) is 3.05. The van der Waals surface area contributed by atoms with E-state index < -0.39 is 6.09 Å². The number of carbonyl (C=O) groups is 2. The van der Waals surface area contributed by atoms with E-state index >= 15 is 0 Å². The Hall–Kier alpha value is -2.73. The zero-order valence-corrected chi connectivity index (χ0v) is 16.8. The molecule has 0 unspecified atom stereocenters. The fourth-order valence-electron chi connectivity index (χ4n) is 3.20. The summed E-state index contributed by atoms with van der Waals surface area (Å²) < 4.78 is 4.59. The lowest BCUT2D eigenvalue weighted by molar-refractivity contribution is -0.118. The summed E-state index contributed by atoms with van der Waals surface area (Å²) in [5.41, 5.74) is 4.51. The molecule has 2 heterocycles. The van der Waals surface area contributed by atoms with Gasteiger partial charge in [-0.3, -0.25) is 20.1 Å². The summed E-state index contributed by atoms with van der Waals surface area (Å²) >= 11 is 6.08. The van der Waals surface area contributed by atoms with Crippen molar-refractivity contribution in [1.82, 2.24) is 10.3 Å². The van der Waals surface area contributed by atoms with Gasteiger partial charge in [-0.25, -0.2) is 4.79 Å². The maximum Gasteiger partial charge on any atom is 0.412 e. The zero-order valence-electron chi connectivity index (χ0n) is 16.1. The Bertz CT molecular complexity index is 956. The van der Waals surface area contributed by atoms with Crippen LogP contribution in [0.25, 0.3) is 0 Å². The molecule has 6 nitrogen and oxygen atoms in total. The number of aryl methyl sites for hydroxylation is 1. The number of aromatic nitrogens is 1. The number of ketones is 1. The van der Waals surface area contributed by atoms with Crippen LogP contribution < -0.4 is 5.32 Å². The van der Waals surface area contributed by atoms with Gasteiger partial charge >= 0.3 is 6.09 Å². The molecule has 1 N–H and O–H groups in total. The molecule has 1 aliphatic rings. The van der Waals surface area contributed by atoms with E-state index in [1.54, 1.807) is 6.20 Å². The van der Waals surface area contributed by atoms with Crippen LogP contribution in [0.4, 0.5) is 4.79 Å². The summed E-state index contributed by atoms with van der Waals surface area (Å²) in [4.78, 5) is 32.5. The predicted molar refractivity (Wildman–Crippen MR) is 108 cm³/mol. The molecule has 0 radical (unpaired) electrons. The number of amidine groups is 1. The Morgan fingerprint density at radius 2 is 2.11 bits per heavy atom. The number of Topliss-reactive ketones (excluding diaryl/α,β-unsaturated/α-hetero) is 1. The number of pyridine rings is 1. The van der Waals surface area contributed by atoms with Crippen LogP contribution in [0.2, 0.25) is 5.02 Å². The number of methoxy groups -OCH3 is 1. The molecule has 1 aliphatic heterocycles. The molecule has 146 valence electrons. The van der Waals surface area contributed by atoms with Gasteiger partial charge in [0.1, 0.15) is 11.6 Å². The first kappa shape index (κ1) is 20.0. The molecular formula is C21H22ClN3O3. The minimum absolute atomic E-state index is 0.108. The largest absolute Gasteiger partial charge is 0.453 e. The number of halogens is 1. The van der Waals surface area contributed by atoms with Crippen LogP contribution in [0.3, 0.4) is 0 Å². The summed E-state index contributed by atoms with van der Waals surface area (Å²) in [6.07, 6.45) is 1.78. The lowest BCUT2D eigenvalue weighted by atomic mass is 9.93. The molecular weight excluding hydrogens is 378 g/mol. The highest BCUT2D eigenvalue weighted by Gasteiger charge is 2.20. The van der Waals surface area contributed by atoms with Gasteiger partial charge in [0.05, 0.1) is 13.7 Å². The lowest BCUT2D eigenvalue weighted by Crippen LogP contribution is -2.30. The number of hydrogen-bond acceptors (Lipinski definition) is 5. The summed E-state index contributed by atoms with van der Waals surface area (Å²) in [5.74, 6) is 0.676. The van der Waals surface area contributed by atoms with Crippen LogP contribution in [-0.2, 0) is 22.5 Å². The minimum Gasteiger partial charge on any atom is -0.453 e. The molecule has 0 aliphatic carbocycles. The van der Waals surface area contributed by atoms with Gasteiger partial charge in [-0.2, -0.15) is 0 Å². The molecule has 1 atom stereocenters. The van der Waals surface area contributed by atoms with Gasteiger partial charge in [-0.15, -0.1) is 0 Å². The molecule has 0 saturated carbocycles. The van der Waals surface area contributed by atoms with E-state index in [1.807, 2.05) is 38.1 Å². The SMILES string of the molecule is COC(=O)NC1=NCc2cc(CC(=O)C[C@H](C)c3ccc(Cl)c(C)c3)ncc21. The maximum absolute atomic E-state index is 12.5. The highest BCUT2D eigenvalue weighted by Crippen LogP contribution is 2.25. The Morgan fingerprint density at radius 1 is 1.32 bits per heavy atom. The van der Waals surface area contributed by atoms with E-state index in [2.05, 4.69) is 20.0 Å². The van der Waals surface area contributed by atoms with Crippen molar-refractivity contribution in [3.05, 3.63) is 63.4 Å². The minimum atomic E-state index is -0.572. The molecule has 1 aromatic carbocycles. The number of rotatable bonds is 5. The van der Waals surface area contributed by atoms with Crippen LogP contribution in [0, 0.1) is 6.92 Å². The molecule has 0 saturated heterocycles. The number of carbonyl (C=O) groups excluding carboxylic acids is 2. The van der Waals surface area contributed by atoms with Gasteiger partial charge in [-0.1, -0.05) is 30.7 Å². The number of ether oxygens (including phenoxy) is 1. The van der Waals surface area contributed by atoms with Crippen LogP contribution in [0.5, 0.6) is 0 Å². The Balaban J connectivity index is 1.62. The van der Waals surface area contributed by atoms with E-state index in [0.717, 1.165) is 27.3 Å². The third-order valence-corrected chi connectivity index (χ3v) is 5.20. The predicted octanol–water partition coefficient (Wildman–Crippen LogP) is 3.97. The standard InChI is InChI=1S/C21H22ClN3O3/c1-12(14-4-5-19(22)13(2)6-14)7-17(26)9-16-8-15-10-24-20(18(15)11-23-16)25-21(27)28-3/h4-6,8,11-12H,7,9-10H2,1-3H3,(H,24,25,27)/t12-/m0/s1. The second kappa shape index (κ2) is 8.52. The van der Waals surface area contributed by atoms with Crippen molar-refractivity contribution in [3.8, 4) is 0 Å². The maximum atomic E-state index is 12.5. The van der Waals surface area contributed by atoms with Crippen molar-refractivity contribution in [2.45, 2.75) is 39.2 Å². The highest BCUT2D eigenvalue weighted by atomic mass is 35.5. The number of nitrogens with one attached hydrogen (secondary N) is 1. The van der Waals surface area contributed by atoms with Crippen LogP contribution in [-0.4, -0.2) is 29.8 Å². The van der Waals surface area contributed by atoms with Crippen molar-refractivity contribution in [2.75, 3.05) is 7.11 Å². The molecule has 28 heavy (non-hydrogen) atoms. The Kier molecular flexibility index (Phi) is 6.09. The van der Waals surface area contributed by atoms with E-state index in [0.29, 0.717) is 24.5 Å². The van der Waals surface area contributed by atoms with Crippen molar-refractivity contribution in [1.29, 1.82) is 0 Å². The smallest absolute Gasteiger partial charge is 0.412 e. The molecule has 1 amide bonds. The van der Waals surface area contributed by atoms with Gasteiger partial charge in [-0.05, 0) is 41.7 Å². The third-order valence-electron chi connectivity index (χ3n) is 4.78. The number of hydrogen-bond donors (Lipinski definition) is 1. The van der Waals surface area contributed by atoms with Gasteiger partial charge in [0.15, 0.2) is 0 Å². The summed E-state index contributed by atoms with van der Waals surface area (Å²) in [7, 11) is 1.30. The molecule has 2 aromatic rings. The summed E-state index contributed by atoms with van der Waals surface area (Å²) in [5, 5.41) is 3.30. The molecule has 3 rings (SSSR count). The van der Waals surface area contributed by atoms with E-state index in [-0.39, 0.29) is 18.1 Å². The Morgan fingerprint density at radius 3 is 2.82 bits per heavy atom. The normalized spacial score (nSPS) is 13.5. The highest BCUT2D eigenvalue weighted by molar-refractivity contribution is 6.31. The molecule has 0 spiro atoms. The number of nitrogens with zero attached hydrogens (tertiary/aromatic N) is 2. The van der Waals surface area contributed by atoms with Gasteiger partial charge < -0.3 is 4.74 Å². The van der Waals surface area contributed by atoms with Crippen molar-refractivity contribution in [2.24, 2.45) is 4.99 Å². The van der Waals surface area contributed by atoms with Crippen molar-refractivity contribution < 1.29 is 14.3 Å². The van der Waals surface area contributed by atoms with E-state index in [9.17, 15) is 9.59 Å². The van der Waals surface area contributed by atoms with E-state index in [1.165, 1.54) is 7.11 Å². The zero-order chi connectivity index (χ0) is 20.3. The second-order valence-corrected chi connectivity index (χ2v) is 7.35. The number of benzene rings is 1. The first-order valence-electron chi connectivity index (χ1n) is 9.02. The van der Waals surface area contributed by atoms with Crippen molar-refractivity contribution in [3.63, 3.8) is 0 Å². The van der Waals surface area contributed by atoms with E-state index in [4.69, 9.17) is 11.6 Å². The first-order valence-corrected chi connectivity index (χ1v) is 9.40. The molecule has 0 fully saturated rings. The average molecular weight is 400 g/mol. The number of aliphatic imine (C=N–C) groups is 1.